The highest BCUT2D eigenvalue weighted by molar-refractivity contribution is 5.78. The van der Waals surface area contributed by atoms with Crippen LogP contribution in [0.25, 0.3) is 22.5 Å². The van der Waals surface area contributed by atoms with Crippen LogP contribution in [-0.2, 0) is 6.54 Å². The van der Waals surface area contributed by atoms with Crippen molar-refractivity contribution >= 4 is 11.6 Å². The van der Waals surface area contributed by atoms with Crippen molar-refractivity contribution in [3.05, 3.63) is 78.6 Å². The Morgan fingerprint density at radius 2 is 1.81 bits per heavy atom. The van der Waals surface area contributed by atoms with Crippen LogP contribution >= 0.6 is 0 Å². The van der Waals surface area contributed by atoms with Crippen LogP contribution in [0.1, 0.15) is 5.56 Å². The van der Waals surface area contributed by atoms with Gasteiger partial charge < -0.3 is 10.2 Å². The molecule has 0 unspecified atom stereocenters. The summed E-state index contributed by atoms with van der Waals surface area (Å²) in [5.41, 5.74) is 6.07. The third-order valence-corrected chi connectivity index (χ3v) is 5.82. The SMILES string of the molecule is CN1CCN(Cc2cccc(Nc3nccc(-c4cn[nH]c4-c4ccccc4)n3)c2)CC1. The normalized spacial score (nSPS) is 15.0. The lowest BCUT2D eigenvalue weighted by molar-refractivity contribution is 0.148. The summed E-state index contributed by atoms with van der Waals surface area (Å²) in [6.07, 6.45) is 3.59. The lowest BCUT2D eigenvalue weighted by Gasteiger charge is -2.32. The molecule has 32 heavy (non-hydrogen) atoms. The average Bonchev–Trinajstić information content (AvgIpc) is 3.32. The number of aromatic nitrogens is 4. The van der Waals surface area contributed by atoms with Crippen molar-refractivity contribution in [1.82, 2.24) is 30.0 Å². The highest BCUT2D eigenvalue weighted by Crippen LogP contribution is 2.29. The second-order valence-electron chi connectivity index (χ2n) is 8.19. The fraction of sp³-hybridized carbons (Fsp3) is 0.240. The minimum absolute atomic E-state index is 0.569. The number of likely N-dealkylation sites (N-methyl/N-ethyl adjacent to an activating group) is 1. The Labute approximate surface area is 188 Å². The molecule has 0 radical (unpaired) electrons. The van der Waals surface area contributed by atoms with Gasteiger partial charge in [-0.25, -0.2) is 9.97 Å². The van der Waals surface area contributed by atoms with Gasteiger partial charge in [-0.1, -0.05) is 42.5 Å². The van der Waals surface area contributed by atoms with Gasteiger partial charge in [-0.3, -0.25) is 10.00 Å². The third kappa shape index (κ3) is 4.69. The van der Waals surface area contributed by atoms with E-state index in [1.165, 1.54) is 5.56 Å². The van der Waals surface area contributed by atoms with Gasteiger partial charge in [0.1, 0.15) is 0 Å². The van der Waals surface area contributed by atoms with Gasteiger partial charge in [-0.15, -0.1) is 0 Å². The maximum Gasteiger partial charge on any atom is 0.227 e. The molecule has 3 heterocycles. The first-order valence-electron chi connectivity index (χ1n) is 10.9. The summed E-state index contributed by atoms with van der Waals surface area (Å²) in [5.74, 6) is 0.569. The second kappa shape index (κ2) is 9.30. The molecule has 1 fully saturated rings. The van der Waals surface area contributed by atoms with Crippen molar-refractivity contribution in [3.63, 3.8) is 0 Å². The number of benzene rings is 2. The number of aromatic amines is 1. The molecule has 162 valence electrons. The summed E-state index contributed by atoms with van der Waals surface area (Å²) in [4.78, 5) is 14.1. The van der Waals surface area contributed by atoms with Crippen LogP contribution < -0.4 is 5.32 Å². The third-order valence-electron chi connectivity index (χ3n) is 5.82. The van der Waals surface area contributed by atoms with Gasteiger partial charge in [-0.2, -0.15) is 5.10 Å². The Morgan fingerprint density at radius 1 is 0.969 bits per heavy atom. The van der Waals surface area contributed by atoms with Crippen molar-refractivity contribution < 1.29 is 0 Å². The molecular weight excluding hydrogens is 398 g/mol. The molecular formula is C25H27N7. The van der Waals surface area contributed by atoms with Gasteiger partial charge in [0.05, 0.1) is 17.6 Å². The molecule has 0 saturated carbocycles. The number of nitrogens with zero attached hydrogens (tertiary/aromatic N) is 5. The molecule has 5 rings (SSSR count). The second-order valence-corrected chi connectivity index (χ2v) is 8.19. The van der Waals surface area contributed by atoms with Gasteiger partial charge in [0.2, 0.25) is 5.95 Å². The van der Waals surface area contributed by atoms with Gasteiger partial charge in [0.15, 0.2) is 0 Å². The van der Waals surface area contributed by atoms with E-state index in [0.717, 1.165) is 60.9 Å². The highest BCUT2D eigenvalue weighted by atomic mass is 15.2. The van der Waals surface area contributed by atoms with E-state index in [4.69, 9.17) is 4.98 Å². The molecule has 7 nitrogen and oxygen atoms in total. The molecule has 2 aromatic carbocycles. The minimum atomic E-state index is 0.569. The minimum Gasteiger partial charge on any atom is -0.324 e. The molecule has 0 amide bonds. The molecule has 0 spiro atoms. The van der Waals surface area contributed by atoms with E-state index in [1.807, 2.05) is 30.5 Å². The number of nitrogens with one attached hydrogen (secondary N) is 2. The van der Waals surface area contributed by atoms with Crippen molar-refractivity contribution in [3.8, 4) is 22.5 Å². The standard InChI is InChI=1S/C25H27N7/c1-31-12-14-32(15-13-31)18-19-6-5-9-21(16-19)28-25-26-11-10-23(29-25)22-17-27-30-24(22)20-7-3-2-4-8-20/h2-11,16-17H,12-15,18H2,1H3,(H,27,30)(H,26,28,29). The van der Waals surface area contributed by atoms with E-state index >= 15 is 0 Å². The van der Waals surface area contributed by atoms with Crippen LogP contribution in [0.15, 0.2) is 73.1 Å². The van der Waals surface area contributed by atoms with Gasteiger partial charge in [-0.05, 0) is 30.8 Å². The predicted molar refractivity (Wildman–Crippen MR) is 128 cm³/mol. The molecule has 0 bridgehead atoms. The van der Waals surface area contributed by atoms with Gasteiger partial charge in [0, 0.05) is 55.7 Å². The zero-order valence-corrected chi connectivity index (χ0v) is 18.2. The maximum absolute atomic E-state index is 4.75. The average molecular weight is 426 g/mol. The Hall–Kier alpha value is -3.55. The largest absolute Gasteiger partial charge is 0.324 e. The number of hydrogen-bond acceptors (Lipinski definition) is 6. The smallest absolute Gasteiger partial charge is 0.227 e. The van der Waals surface area contributed by atoms with E-state index in [-0.39, 0.29) is 0 Å². The van der Waals surface area contributed by atoms with Crippen LogP contribution in [0, 0.1) is 0 Å². The van der Waals surface area contributed by atoms with E-state index in [2.05, 4.69) is 73.7 Å². The van der Waals surface area contributed by atoms with Crippen LogP contribution in [0.4, 0.5) is 11.6 Å². The first-order chi connectivity index (χ1) is 15.7. The Morgan fingerprint density at radius 3 is 2.66 bits per heavy atom. The monoisotopic (exact) mass is 425 g/mol. The molecule has 0 atom stereocenters. The lowest BCUT2D eigenvalue weighted by atomic mass is 10.1. The van der Waals surface area contributed by atoms with Crippen LogP contribution in [-0.4, -0.2) is 63.2 Å². The number of anilines is 2. The quantitative estimate of drug-likeness (QED) is 0.486. The fourth-order valence-corrected chi connectivity index (χ4v) is 4.01. The lowest BCUT2D eigenvalue weighted by Crippen LogP contribution is -2.43. The van der Waals surface area contributed by atoms with Crippen molar-refractivity contribution in [2.75, 3.05) is 38.5 Å². The molecule has 0 aliphatic carbocycles. The molecule has 1 aliphatic heterocycles. The molecule has 2 aromatic heterocycles. The predicted octanol–water partition coefficient (Wildman–Crippen LogP) is 4.02. The summed E-state index contributed by atoms with van der Waals surface area (Å²) in [6.45, 7) is 5.41. The summed E-state index contributed by atoms with van der Waals surface area (Å²) in [7, 11) is 2.18. The van der Waals surface area contributed by atoms with Crippen LogP contribution in [0.3, 0.4) is 0 Å². The molecule has 2 N–H and O–H groups in total. The summed E-state index contributed by atoms with van der Waals surface area (Å²) >= 11 is 0. The van der Waals surface area contributed by atoms with Crippen molar-refractivity contribution in [1.29, 1.82) is 0 Å². The highest BCUT2D eigenvalue weighted by Gasteiger charge is 2.14. The van der Waals surface area contributed by atoms with Crippen LogP contribution in [0.5, 0.6) is 0 Å². The van der Waals surface area contributed by atoms with Gasteiger partial charge >= 0.3 is 0 Å². The summed E-state index contributed by atoms with van der Waals surface area (Å²) in [5, 5.41) is 10.7. The first-order valence-corrected chi connectivity index (χ1v) is 10.9. The number of hydrogen-bond donors (Lipinski definition) is 2. The molecule has 7 heteroatoms. The Kier molecular flexibility index (Phi) is 5.91. The Balaban J connectivity index is 1.33. The molecule has 1 aliphatic rings. The van der Waals surface area contributed by atoms with E-state index in [1.54, 1.807) is 6.20 Å². The fourth-order valence-electron chi connectivity index (χ4n) is 4.01. The molecule has 4 aromatic rings. The van der Waals surface area contributed by atoms with E-state index in [9.17, 15) is 0 Å². The zero-order chi connectivity index (χ0) is 21.8. The summed E-state index contributed by atoms with van der Waals surface area (Å²) < 4.78 is 0. The molecule has 1 saturated heterocycles. The van der Waals surface area contributed by atoms with Crippen molar-refractivity contribution in [2.24, 2.45) is 0 Å². The van der Waals surface area contributed by atoms with Gasteiger partial charge in [0.25, 0.3) is 0 Å². The number of piperazine rings is 1. The van der Waals surface area contributed by atoms with E-state index in [0.29, 0.717) is 5.95 Å². The summed E-state index contributed by atoms with van der Waals surface area (Å²) in [6, 6.07) is 20.6. The topological polar surface area (TPSA) is 73.0 Å². The Bertz CT molecular complexity index is 1160. The van der Waals surface area contributed by atoms with E-state index < -0.39 is 0 Å². The number of rotatable bonds is 6. The van der Waals surface area contributed by atoms with Crippen LogP contribution in [0.2, 0.25) is 0 Å². The zero-order valence-electron chi connectivity index (χ0n) is 18.2. The number of H-pyrrole nitrogens is 1. The first kappa shape index (κ1) is 20.4. The van der Waals surface area contributed by atoms with Crippen molar-refractivity contribution in [2.45, 2.75) is 6.54 Å². The maximum atomic E-state index is 4.75.